The molecule has 7 nitrogen and oxygen atoms in total. The minimum Gasteiger partial charge on any atom is -0.497 e. The van der Waals surface area contributed by atoms with Gasteiger partial charge in [0, 0.05) is 27.3 Å². The summed E-state index contributed by atoms with van der Waals surface area (Å²) in [5, 5.41) is 0. The van der Waals surface area contributed by atoms with Gasteiger partial charge in [-0.3, -0.25) is 9.59 Å². The third-order valence-corrected chi connectivity index (χ3v) is 4.95. The average Bonchev–Trinajstić information content (AvgIpc) is 3.04. The van der Waals surface area contributed by atoms with E-state index >= 15 is 0 Å². The fraction of sp³-hybridized carbons (Fsp3) is 0.304. The third kappa shape index (κ3) is 4.76. The van der Waals surface area contributed by atoms with Crippen LogP contribution in [0.15, 0.2) is 54.2 Å². The Morgan fingerprint density at radius 2 is 1.55 bits per heavy atom. The van der Waals surface area contributed by atoms with Crippen LogP contribution in [0.3, 0.4) is 0 Å². The highest BCUT2D eigenvalue weighted by Crippen LogP contribution is 2.35. The second kappa shape index (κ2) is 10.2. The number of carbonyl (C=O) groups excluding carboxylic acids is 2. The van der Waals surface area contributed by atoms with Crippen molar-refractivity contribution in [1.29, 1.82) is 0 Å². The van der Waals surface area contributed by atoms with Crippen molar-refractivity contribution in [3.63, 3.8) is 0 Å². The van der Waals surface area contributed by atoms with E-state index < -0.39 is 17.6 Å². The van der Waals surface area contributed by atoms with Crippen molar-refractivity contribution in [2.24, 2.45) is 0 Å². The molecule has 0 unspecified atom stereocenters. The number of methoxy groups -OCH3 is 3. The van der Waals surface area contributed by atoms with Crippen molar-refractivity contribution in [2.45, 2.75) is 0 Å². The van der Waals surface area contributed by atoms with Crippen LogP contribution < -0.4 is 9.64 Å². The molecule has 1 heterocycles. The van der Waals surface area contributed by atoms with Crippen molar-refractivity contribution in [1.82, 2.24) is 4.90 Å². The molecule has 2 amide bonds. The Hall–Kier alpha value is -3.23. The summed E-state index contributed by atoms with van der Waals surface area (Å²) >= 11 is 0. The number of hydrogen-bond donors (Lipinski definition) is 0. The van der Waals surface area contributed by atoms with Crippen LogP contribution in [0.4, 0.5) is 10.1 Å². The molecular formula is C23H25FN2O5. The molecule has 1 aliphatic heterocycles. The van der Waals surface area contributed by atoms with E-state index in [1.54, 1.807) is 50.5 Å². The van der Waals surface area contributed by atoms with E-state index in [1.807, 2.05) is 0 Å². The molecule has 31 heavy (non-hydrogen) atoms. The van der Waals surface area contributed by atoms with Gasteiger partial charge < -0.3 is 19.1 Å². The molecule has 164 valence electrons. The number of nitrogens with zero attached hydrogens (tertiary/aromatic N) is 2. The second-order valence-corrected chi connectivity index (χ2v) is 6.85. The van der Waals surface area contributed by atoms with Crippen molar-refractivity contribution < 1.29 is 28.2 Å². The lowest BCUT2D eigenvalue weighted by atomic mass is 10.0. The summed E-state index contributed by atoms with van der Waals surface area (Å²) in [6.07, 6.45) is 0. The number of benzene rings is 2. The summed E-state index contributed by atoms with van der Waals surface area (Å²) < 4.78 is 29.4. The normalized spacial score (nSPS) is 13.9. The predicted octanol–water partition coefficient (Wildman–Crippen LogP) is 2.71. The topological polar surface area (TPSA) is 68.3 Å². The molecule has 1 aliphatic rings. The quantitative estimate of drug-likeness (QED) is 0.542. The van der Waals surface area contributed by atoms with Crippen LogP contribution in [0.1, 0.15) is 5.56 Å². The molecule has 0 atom stereocenters. The van der Waals surface area contributed by atoms with Crippen LogP contribution in [0.2, 0.25) is 0 Å². The summed E-state index contributed by atoms with van der Waals surface area (Å²) in [7, 11) is 4.68. The fourth-order valence-corrected chi connectivity index (χ4v) is 3.42. The van der Waals surface area contributed by atoms with E-state index in [4.69, 9.17) is 14.2 Å². The molecule has 0 saturated carbocycles. The lowest BCUT2D eigenvalue weighted by Gasteiger charge is -2.25. The second-order valence-electron chi connectivity index (χ2n) is 6.85. The van der Waals surface area contributed by atoms with E-state index in [2.05, 4.69) is 0 Å². The van der Waals surface area contributed by atoms with Crippen molar-refractivity contribution in [2.75, 3.05) is 52.5 Å². The Labute approximate surface area is 180 Å². The van der Waals surface area contributed by atoms with Gasteiger partial charge in [0.05, 0.1) is 31.6 Å². The molecule has 0 N–H and O–H groups in total. The summed E-state index contributed by atoms with van der Waals surface area (Å²) in [5.74, 6) is -0.947. The number of carbonyl (C=O) groups is 2. The van der Waals surface area contributed by atoms with E-state index in [-0.39, 0.29) is 17.0 Å². The number of hydrogen-bond acceptors (Lipinski definition) is 6. The Morgan fingerprint density at radius 1 is 0.903 bits per heavy atom. The zero-order chi connectivity index (χ0) is 22.4. The van der Waals surface area contributed by atoms with Crippen LogP contribution in [0.5, 0.6) is 5.75 Å². The molecule has 0 spiro atoms. The predicted molar refractivity (Wildman–Crippen MR) is 114 cm³/mol. The van der Waals surface area contributed by atoms with E-state index in [0.717, 1.165) is 4.90 Å². The minimum absolute atomic E-state index is 0.175. The molecule has 2 aromatic carbocycles. The van der Waals surface area contributed by atoms with E-state index in [1.165, 1.54) is 24.3 Å². The number of halogens is 1. The van der Waals surface area contributed by atoms with Crippen LogP contribution >= 0.6 is 0 Å². The van der Waals surface area contributed by atoms with Crippen LogP contribution in [-0.2, 0) is 19.1 Å². The van der Waals surface area contributed by atoms with E-state index in [0.29, 0.717) is 37.6 Å². The highest BCUT2D eigenvalue weighted by atomic mass is 19.1. The molecule has 0 bridgehead atoms. The summed E-state index contributed by atoms with van der Waals surface area (Å²) in [6, 6.07) is 12.3. The van der Waals surface area contributed by atoms with Gasteiger partial charge in [0.25, 0.3) is 11.8 Å². The smallest absolute Gasteiger partial charge is 0.282 e. The number of ether oxygens (including phenoxy) is 3. The van der Waals surface area contributed by atoms with Gasteiger partial charge in [-0.15, -0.1) is 0 Å². The van der Waals surface area contributed by atoms with Gasteiger partial charge >= 0.3 is 0 Å². The molecule has 8 heteroatoms. The molecule has 0 aromatic heterocycles. The molecule has 2 aromatic rings. The Bertz CT molecular complexity index is 966. The zero-order valence-electron chi connectivity index (χ0n) is 17.8. The Balaban J connectivity index is 2.12. The largest absolute Gasteiger partial charge is 0.497 e. The average molecular weight is 428 g/mol. The van der Waals surface area contributed by atoms with Gasteiger partial charge in [0.2, 0.25) is 0 Å². The third-order valence-electron chi connectivity index (χ3n) is 4.95. The zero-order valence-corrected chi connectivity index (χ0v) is 17.8. The Kier molecular flexibility index (Phi) is 7.38. The first kappa shape index (κ1) is 22.5. The molecule has 0 aliphatic carbocycles. The molecular weight excluding hydrogens is 403 g/mol. The summed E-state index contributed by atoms with van der Waals surface area (Å²) in [4.78, 5) is 29.7. The summed E-state index contributed by atoms with van der Waals surface area (Å²) in [6.45, 7) is 1.46. The highest BCUT2D eigenvalue weighted by molar-refractivity contribution is 6.45. The van der Waals surface area contributed by atoms with Crippen LogP contribution in [0.25, 0.3) is 5.57 Å². The lowest BCUT2D eigenvalue weighted by molar-refractivity contribution is -0.120. The standard InChI is InChI=1S/C23H25FN2O5/c1-29-13-11-25(12-14-30-2)21-20(16-7-9-19(31-3)10-8-16)22(27)26(23(21)28)18-6-4-5-17(24)15-18/h4-10,15H,11-14H2,1-3H3. The number of rotatable bonds is 10. The van der Waals surface area contributed by atoms with Gasteiger partial charge in [-0.05, 0) is 35.9 Å². The van der Waals surface area contributed by atoms with Crippen LogP contribution in [-0.4, -0.2) is 64.3 Å². The Morgan fingerprint density at radius 3 is 2.10 bits per heavy atom. The van der Waals surface area contributed by atoms with Crippen molar-refractivity contribution in [3.05, 3.63) is 65.6 Å². The first-order valence-corrected chi connectivity index (χ1v) is 9.77. The lowest BCUT2D eigenvalue weighted by Crippen LogP contribution is -2.37. The van der Waals surface area contributed by atoms with Gasteiger partial charge in [-0.25, -0.2) is 9.29 Å². The van der Waals surface area contributed by atoms with Crippen molar-refractivity contribution in [3.8, 4) is 5.75 Å². The number of imide groups is 1. The van der Waals surface area contributed by atoms with Crippen LogP contribution in [0, 0.1) is 5.82 Å². The monoisotopic (exact) mass is 428 g/mol. The van der Waals surface area contributed by atoms with Crippen molar-refractivity contribution >= 4 is 23.1 Å². The maximum absolute atomic E-state index is 13.8. The molecule has 0 saturated heterocycles. The SMILES string of the molecule is COCCN(CCOC)C1=C(c2ccc(OC)cc2)C(=O)N(c2cccc(F)c2)C1=O. The molecule has 0 fully saturated rings. The molecule has 3 rings (SSSR count). The van der Waals surface area contributed by atoms with Gasteiger partial charge in [0.1, 0.15) is 17.3 Å². The van der Waals surface area contributed by atoms with Gasteiger partial charge in [-0.1, -0.05) is 18.2 Å². The van der Waals surface area contributed by atoms with Gasteiger partial charge in [0.15, 0.2) is 0 Å². The minimum atomic E-state index is -0.534. The number of amides is 2. The fourth-order valence-electron chi connectivity index (χ4n) is 3.42. The first-order chi connectivity index (χ1) is 15.0. The highest BCUT2D eigenvalue weighted by Gasteiger charge is 2.42. The van der Waals surface area contributed by atoms with Gasteiger partial charge in [-0.2, -0.15) is 0 Å². The molecule has 0 radical (unpaired) electrons. The summed E-state index contributed by atoms with van der Waals surface area (Å²) in [5.41, 5.74) is 1.21. The maximum Gasteiger partial charge on any atom is 0.282 e. The maximum atomic E-state index is 13.8. The van der Waals surface area contributed by atoms with E-state index in [9.17, 15) is 14.0 Å². The number of anilines is 1. The first-order valence-electron chi connectivity index (χ1n) is 9.77.